The van der Waals surface area contributed by atoms with E-state index in [1.54, 1.807) is 39.8 Å². The monoisotopic (exact) mass is 416 g/mol. The zero-order valence-electron chi connectivity index (χ0n) is 17.4. The van der Waals surface area contributed by atoms with E-state index >= 15 is 0 Å². The van der Waals surface area contributed by atoms with Crippen LogP contribution in [0.15, 0.2) is 18.2 Å². The van der Waals surface area contributed by atoms with Crippen molar-refractivity contribution in [3.05, 3.63) is 29.3 Å². The van der Waals surface area contributed by atoms with Gasteiger partial charge < -0.3 is 30.2 Å². The van der Waals surface area contributed by atoms with Crippen molar-refractivity contribution < 1.29 is 28.5 Å². The Kier molecular flexibility index (Phi) is 9.44. The predicted octanol–water partition coefficient (Wildman–Crippen LogP) is 3.99. The number of anilines is 1. The first-order valence-corrected chi connectivity index (χ1v) is 11.3. The van der Waals surface area contributed by atoms with Crippen LogP contribution in [0.2, 0.25) is 0 Å². The lowest BCUT2D eigenvalue weighted by molar-refractivity contribution is -0.168. The van der Waals surface area contributed by atoms with Crippen molar-refractivity contribution in [2.45, 2.75) is 46.1 Å². The lowest BCUT2D eigenvalue weighted by atomic mass is 9.95. The van der Waals surface area contributed by atoms with Crippen LogP contribution in [0, 0.1) is 6.92 Å². The zero-order valence-corrected chi connectivity index (χ0v) is 18.3. The Hall–Kier alpha value is -1.60. The number of nitrogen functional groups attached to an aromatic ring is 1. The number of nitrogens with one attached hydrogen (secondary N) is 1. The summed E-state index contributed by atoms with van der Waals surface area (Å²) in [7, 11) is -3.51. The number of rotatable bonds is 12. The van der Waals surface area contributed by atoms with E-state index < -0.39 is 24.9 Å². The van der Waals surface area contributed by atoms with Gasteiger partial charge in [0.15, 0.2) is 0 Å². The first kappa shape index (κ1) is 24.4. The number of benzene rings is 1. The van der Waals surface area contributed by atoms with E-state index in [0.717, 1.165) is 11.1 Å². The molecule has 2 unspecified atom stereocenters. The fourth-order valence-corrected chi connectivity index (χ4v) is 5.84. The molecular formula is C19H33N2O6P. The van der Waals surface area contributed by atoms with Crippen LogP contribution in [0.5, 0.6) is 0 Å². The van der Waals surface area contributed by atoms with E-state index in [2.05, 4.69) is 5.32 Å². The van der Waals surface area contributed by atoms with Gasteiger partial charge in [-0.25, -0.2) is 4.79 Å². The third kappa shape index (κ3) is 6.21. The van der Waals surface area contributed by atoms with Gasteiger partial charge in [0.1, 0.15) is 0 Å². The van der Waals surface area contributed by atoms with Gasteiger partial charge >= 0.3 is 6.09 Å². The molecule has 0 aliphatic rings. The summed E-state index contributed by atoms with van der Waals surface area (Å²) in [4.78, 5) is 11.1. The van der Waals surface area contributed by atoms with Crippen molar-refractivity contribution in [3.63, 3.8) is 0 Å². The quantitative estimate of drug-likeness (QED) is 0.268. The fourth-order valence-electron chi connectivity index (χ4n) is 3.19. The maximum Gasteiger partial charge on any atom is 0.404 e. The highest BCUT2D eigenvalue weighted by molar-refractivity contribution is 7.60. The molecule has 9 heteroatoms. The van der Waals surface area contributed by atoms with Gasteiger partial charge in [0.25, 0.3) is 7.37 Å². The third-order valence-corrected chi connectivity index (χ3v) is 7.58. The summed E-state index contributed by atoms with van der Waals surface area (Å²) in [5.41, 5.74) is 6.79. The van der Waals surface area contributed by atoms with Crippen LogP contribution in [0.1, 0.15) is 44.7 Å². The molecule has 4 N–H and O–H groups in total. The standard InChI is InChI=1S/C19H33N2O6P/c1-6-25-19(5,26-7-2)28(24,27-8-3)13-15(12-21-18(22)23)17-11-16(20)10-9-14(17)4/h9-11,15,21H,6-8,12-13,20H2,1-5H3,(H,22,23). The topological polar surface area (TPSA) is 120 Å². The Morgan fingerprint density at radius 1 is 1.25 bits per heavy atom. The Labute approximate surface area is 167 Å². The van der Waals surface area contributed by atoms with E-state index in [9.17, 15) is 9.36 Å². The smallest absolute Gasteiger partial charge is 0.404 e. The number of aryl methyl sites for hydroxylation is 1. The molecule has 160 valence electrons. The number of hydrogen-bond donors (Lipinski definition) is 3. The number of nitrogens with two attached hydrogens (primary N) is 1. The summed E-state index contributed by atoms with van der Waals surface area (Å²) in [6.07, 6.45) is -1.11. The molecule has 1 aromatic rings. The van der Waals surface area contributed by atoms with Crippen LogP contribution in [0.4, 0.5) is 10.5 Å². The number of ether oxygens (including phenoxy) is 2. The molecule has 0 radical (unpaired) electrons. The van der Waals surface area contributed by atoms with Gasteiger partial charge in [-0.1, -0.05) is 6.07 Å². The first-order valence-electron chi connectivity index (χ1n) is 9.46. The molecule has 0 aromatic heterocycles. The van der Waals surface area contributed by atoms with Crippen LogP contribution in [0.25, 0.3) is 0 Å². The van der Waals surface area contributed by atoms with Gasteiger partial charge in [0, 0.05) is 37.5 Å². The lowest BCUT2D eigenvalue weighted by Crippen LogP contribution is -2.37. The molecule has 0 heterocycles. The van der Waals surface area contributed by atoms with Crippen molar-refractivity contribution in [2.24, 2.45) is 0 Å². The maximum absolute atomic E-state index is 14.0. The van der Waals surface area contributed by atoms with E-state index in [-0.39, 0.29) is 19.3 Å². The van der Waals surface area contributed by atoms with Crippen LogP contribution in [-0.2, 0) is 18.6 Å². The summed E-state index contributed by atoms with van der Waals surface area (Å²) in [5, 5.41) is 11.5. The molecule has 1 amide bonds. The molecular weight excluding hydrogens is 383 g/mol. The van der Waals surface area contributed by atoms with Crippen molar-refractivity contribution >= 4 is 19.1 Å². The molecule has 1 rings (SSSR count). The van der Waals surface area contributed by atoms with Crippen molar-refractivity contribution in [3.8, 4) is 0 Å². The molecule has 0 bridgehead atoms. The number of hydrogen-bond acceptors (Lipinski definition) is 6. The van der Waals surface area contributed by atoms with Gasteiger partial charge in [0.05, 0.1) is 6.61 Å². The van der Waals surface area contributed by atoms with Crippen molar-refractivity contribution in [1.29, 1.82) is 0 Å². The molecule has 2 atom stereocenters. The Morgan fingerprint density at radius 3 is 2.36 bits per heavy atom. The van der Waals surface area contributed by atoms with Gasteiger partial charge in [0.2, 0.25) is 5.53 Å². The Bertz CT molecular complexity index is 691. The van der Waals surface area contributed by atoms with Gasteiger partial charge in [-0.3, -0.25) is 4.57 Å². The van der Waals surface area contributed by atoms with E-state index in [1.165, 1.54) is 0 Å². The largest absolute Gasteiger partial charge is 0.465 e. The molecule has 0 spiro atoms. The summed E-state index contributed by atoms with van der Waals surface area (Å²) in [6, 6.07) is 5.40. The lowest BCUT2D eigenvalue weighted by Gasteiger charge is -2.38. The van der Waals surface area contributed by atoms with E-state index in [0.29, 0.717) is 18.9 Å². The highest BCUT2D eigenvalue weighted by Crippen LogP contribution is 2.62. The van der Waals surface area contributed by atoms with Crippen LogP contribution < -0.4 is 11.1 Å². The molecule has 0 saturated carbocycles. The Morgan fingerprint density at radius 2 is 1.86 bits per heavy atom. The van der Waals surface area contributed by atoms with Gasteiger partial charge in [-0.15, -0.1) is 0 Å². The third-order valence-electron chi connectivity index (χ3n) is 4.48. The van der Waals surface area contributed by atoms with E-state index in [1.807, 2.05) is 13.0 Å². The molecule has 0 aliphatic carbocycles. The van der Waals surface area contributed by atoms with Crippen molar-refractivity contribution in [1.82, 2.24) is 5.32 Å². The summed E-state index contributed by atoms with van der Waals surface area (Å²) in [5.74, 6) is -0.433. The number of amides is 1. The minimum absolute atomic E-state index is 0.0436. The fraction of sp³-hybridized carbons (Fsp3) is 0.632. The average Bonchev–Trinajstić information content (AvgIpc) is 2.61. The van der Waals surface area contributed by atoms with Crippen LogP contribution in [-0.4, -0.2) is 49.3 Å². The predicted molar refractivity (Wildman–Crippen MR) is 110 cm³/mol. The normalized spacial score (nSPS) is 15.0. The minimum atomic E-state index is -3.51. The molecule has 0 aliphatic heterocycles. The second-order valence-electron chi connectivity index (χ2n) is 6.54. The van der Waals surface area contributed by atoms with Gasteiger partial charge in [-0.05, 0) is 57.9 Å². The summed E-state index contributed by atoms with van der Waals surface area (Å²) >= 11 is 0. The number of carbonyl (C=O) groups is 1. The Balaban J connectivity index is 3.38. The molecule has 0 fully saturated rings. The second-order valence-corrected chi connectivity index (χ2v) is 9.32. The second kappa shape index (κ2) is 10.8. The van der Waals surface area contributed by atoms with Crippen molar-refractivity contribution in [2.75, 3.05) is 38.3 Å². The average molecular weight is 416 g/mol. The molecule has 1 aromatic carbocycles. The highest BCUT2D eigenvalue weighted by Gasteiger charge is 2.49. The SMILES string of the molecule is CCOC(C)(OCC)P(=O)(CC(CNC(=O)O)c1cc(N)ccc1C)OCC. The first-order chi connectivity index (χ1) is 13.1. The molecule has 8 nitrogen and oxygen atoms in total. The molecule has 0 saturated heterocycles. The minimum Gasteiger partial charge on any atom is -0.465 e. The number of carboxylic acid groups (broad SMARTS) is 1. The van der Waals surface area contributed by atoms with E-state index in [4.69, 9.17) is 24.8 Å². The highest BCUT2D eigenvalue weighted by atomic mass is 31.2. The van der Waals surface area contributed by atoms with Crippen LogP contribution in [0.3, 0.4) is 0 Å². The van der Waals surface area contributed by atoms with Gasteiger partial charge in [-0.2, -0.15) is 0 Å². The maximum atomic E-state index is 14.0. The zero-order chi connectivity index (χ0) is 21.4. The summed E-state index contributed by atoms with van der Waals surface area (Å²) in [6.45, 7) is 9.71. The van der Waals surface area contributed by atoms with Crippen LogP contribution >= 0.6 is 7.37 Å². The molecule has 28 heavy (non-hydrogen) atoms. The summed E-state index contributed by atoms with van der Waals surface area (Å²) < 4.78 is 31.2.